The molecule has 3 rings (SSSR count). The Bertz CT molecular complexity index is 754. The molecule has 8 heteroatoms. The second-order valence-corrected chi connectivity index (χ2v) is 6.26. The lowest BCUT2D eigenvalue weighted by Crippen LogP contribution is -2.47. The summed E-state index contributed by atoms with van der Waals surface area (Å²) in [5.74, 6) is -0.130. The number of carbonyl (C=O) groups excluding carboxylic acids is 2. The summed E-state index contributed by atoms with van der Waals surface area (Å²) >= 11 is 0. The summed E-state index contributed by atoms with van der Waals surface area (Å²) in [4.78, 5) is 28.4. The van der Waals surface area contributed by atoms with Crippen LogP contribution in [0.5, 0.6) is 0 Å². The van der Waals surface area contributed by atoms with Crippen LogP contribution in [0.3, 0.4) is 0 Å². The fraction of sp³-hybridized carbons (Fsp3) is 0.500. The van der Waals surface area contributed by atoms with Gasteiger partial charge < -0.3 is 16.0 Å². The van der Waals surface area contributed by atoms with Crippen molar-refractivity contribution in [2.24, 2.45) is 0 Å². The molecule has 0 saturated carbocycles. The first-order valence-corrected chi connectivity index (χ1v) is 8.23. The highest BCUT2D eigenvalue weighted by molar-refractivity contribution is 5.94. The van der Waals surface area contributed by atoms with Crippen LogP contribution in [0.4, 0.5) is 10.5 Å². The van der Waals surface area contributed by atoms with Gasteiger partial charge in [-0.15, -0.1) is 0 Å². The van der Waals surface area contributed by atoms with E-state index in [1.807, 2.05) is 24.6 Å². The average molecular weight is 330 g/mol. The van der Waals surface area contributed by atoms with E-state index >= 15 is 0 Å². The lowest BCUT2D eigenvalue weighted by molar-refractivity contribution is -0.122. The van der Waals surface area contributed by atoms with Crippen molar-refractivity contribution in [1.82, 2.24) is 25.4 Å². The standard InChI is InChI=1S/C16H22N6O2/c1-10(2)22-14-11(8-19-22)7-12(9-18-14)20-16(24)21-13-5-3-4-6-17-15(13)23/h7-10,13H,3-6H2,1-2H3,(H,17,23)(H2,20,21,24)/t13-/m0/s1. The van der Waals surface area contributed by atoms with E-state index < -0.39 is 12.1 Å². The third-order valence-corrected chi connectivity index (χ3v) is 4.02. The molecule has 0 aliphatic carbocycles. The summed E-state index contributed by atoms with van der Waals surface area (Å²) in [5.41, 5.74) is 1.34. The van der Waals surface area contributed by atoms with Crippen LogP contribution in [0.1, 0.15) is 39.2 Å². The third-order valence-electron chi connectivity index (χ3n) is 4.02. The van der Waals surface area contributed by atoms with Crippen LogP contribution in [-0.4, -0.2) is 39.3 Å². The van der Waals surface area contributed by atoms with Gasteiger partial charge in [-0.05, 0) is 39.2 Å². The molecular formula is C16H22N6O2. The van der Waals surface area contributed by atoms with E-state index in [0.29, 0.717) is 18.7 Å². The molecule has 1 aliphatic rings. The first-order valence-electron chi connectivity index (χ1n) is 8.23. The number of nitrogens with zero attached hydrogens (tertiary/aromatic N) is 3. The minimum absolute atomic E-state index is 0.130. The Kier molecular flexibility index (Phi) is 4.64. The zero-order valence-electron chi connectivity index (χ0n) is 13.9. The number of amides is 3. The molecule has 0 spiro atoms. The van der Waals surface area contributed by atoms with Gasteiger partial charge in [-0.3, -0.25) is 4.79 Å². The Morgan fingerprint density at radius 3 is 3.00 bits per heavy atom. The van der Waals surface area contributed by atoms with Crippen LogP contribution >= 0.6 is 0 Å². The predicted octanol–water partition coefficient (Wildman–Crippen LogP) is 1.80. The number of hydrogen-bond acceptors (Lipinski definition) is 4. The molecule has 1 fully saturated rings. The van der Waals surface area contributed by atoms with Gasteiger partial charge in [-0.2, -0.15) is 5.10 Å². The first-order chi connectivity index (χ1) is 11.5. The maximum atomic E-state index is 12.1. The van der Waals surface area contributed by atoms with Crippen molar-refractivity contribution in [3.05, 3.63) is 18.5 Å². The van der Waals surface area contributed by atoms with Gasteiger partial charge in [0.2, 0.25) is 5.91 Å². The molecule has 0 unspecified atom stereocenters. The molecular weight excluding hydrogens is 308 g/mol. The predicted molar refractivity (Wildman–Crippen MR) is 90.7 cm³/mol. The van der Waals surface area contributed by atoms with E-state index in [4.69, 9.17) is 0 Å². The van der Waals surface area contributed by atoms with Crippen LogP contribution in [-0.2, 0) is 4.79 Å². The monoisotopic (exact) mass is 330 g/mol. The van der Waals surface area contributed by atoms with Crippen LogP contribution in [0.2, 0.25) is 0 Å². The molecule has 8 nitrogen and oxygen atoms in total. The van der Waals surface area contributed by atoms with Crippen LogP contribution < -0.4 is 16.0 Å². The van der Waals surface area contributed by atoms with Crippen molar-refractivity contribution < 1.29 is 9.59 Å². The van der Waals surface area contributed by atoms with Gasteiger partial charge in [0.15, 0.2) is 5.65 Å². The van der Waals surface area contributed by atoms with Gasteiger partial charge in [0.25, 0.3) is 0 Å². The summed E-state index contributed by atoms with van der Waals surface area (Å²) in [6.45, 7) is 4.73. The van der Waals surface area contributed by atoms with Crippen LogP contribution in [0, 0.1) is 0 Å². The van der Waals surface area contributed by atoms with E-state index in [-0.39, 0.29) is 11.9 Å². The van der Waals surface area contributed by atoms with Gasteiger partial charge in [-0.1, -0.05) is 0 Å². The lowest BCUT2D eigenvalue weighted by atomic mass is 10.1. The number of hydrogen-bond donors (Lipinski definition) is 3. The number of fused-ring (bicyclic) bond motifs is 1. The highest BCUT2D eigenvalue weighted by atomic mass is 16.2. The second-order valence-electron chi connectivity index (χ2n) is 6.26. The number of nitrogens with one attached hydrogen (secondary N) is 3. The Hall–Kier alpha value is -2.64. The molecule has 2 aromatic heterocycles. The summed E-state index contributed by atoms with van der Waals surface area (Å²) in [7, 11) is 0. The van der Waals surface area contributed by atoms with Crippen molar-refractivity contribution in [3.63, 3.8) is 0 Å². The Labute approximate surface area is 140 Å². The minimum Gasteiger partial charge on any atom is -0.354 e. The fourth-order valence-electron chi connectivity index (χ4n) is 2.79. The quantitative estimate of drug-likeness (QED) is 0.799. The molecule has 3 N–H and O–H groups in total. The molecule has 1 saturated heterocycles. The fourth-order valence-corrected chi connectivity index (χ4v) is 2.79. The summed E-state index contributed by atoms with van der Waals surface area (Å²) < 4.78 is 1.83. The number of anilines is 1. The Morgan fingerprint density at radius 2 is 2.21 bits per heavy atom. The average Bonchev–Trinajstić information content (AvgIpc) is 2.86. The van der Waals surface area contributed by atoms with Gasteiger partial charge in [0.1, 0.15) is 6.04 Å². The van der Waals surface area contributed by atoms with Crippen molar-refractivity contribution in [2.45, 2.75) is 45.2 Å². The molecule has 2 aromatic rings. The van der Waals surface area contributed by atoms with Crippen molar-refractivity contribution in [3.8, 4) is 0 Å². The number of rotatable bonds is 3. The molecule has 0 bridgehead atoms. The molecule has 3 amide bonds. The number of pyridine rings is 1. The van der Waals surface area contributed by atoms with Gasteiger partial charge in [0, 0.05) is 18.0 Å². The Morgan fingerprint density at radius 1 is 1.38 bits per heavy atom. The SMILES string of the molecule is CC(C)n1ncc2cc(NC(=O)N[C@H]3CCCCNC3=O)cnc21. The first kappa shape index (κ1) is 16.2. The van der Waals surface area contributed by atoms with Gasteiger partial charge >= 0.3 is 6.03 Å². The highest BCUT2D eigenvalue weighted by Gasteiger charge is 2.22. The van der Waals surface area contributed by atoms with Crippen LogP contribution in [0.25, 0.3) is 11.0 Å². The smallest absolute Gasteiger partial charge is 0.319 e. The summed E-state index contributed by atoms with van der Waals surface area (Å²) in [6.07, 6.45) is 5.81. The Balaban J connectivity index is 1.67. The van der Waals surface area contributed by atoms with Crippen molar-refractivity contribution in [2.75, 3.05) is 11.9 Å². The normalized spacial score (nSPS) is 18.3. The third kappa shape index (κ3) is 3.47. The number of carbonyl (C=O) groups is 2. The summed E-state index contributed by atoms with van der Waals surface area (Å²) in [6, 6.07) is 1.13. The van der Waals surface area contributed by atoms with Gasteiger partial charge in [0.05, 0.1) is 18.1 Å². The van der Waals surface area contributed by atoms with Gasteiger partial charge in [-0.25, -0.2) is 14.5 Å². The lowest BCUT2D eigenvalue weighted by Gasteiger charge is -2.15. The van der Waals surface area contributed by atoms with E-state index in [9.17, 15) is 9.59 Å². The largest absolute Gasteiger partial charge is 0.354 e. The molecule has 1 aliphatic heterocycles. The van der Waals surface area contributed by atoms with Crippen LogP contribution in [0.15, 0.2) is 18.5 Å². The maximum Gasteiger partial charge on any atom is 0.319 e. The second kappa shape index (κ2) is 6.86. The number of aromatic nitrogens is 3. The topological polar surface area (TPSA) is 101 Å². The maximum absolute atomic E-state index is 12.1. The van der Waals surface area contributed by atoms with Crippen molar-refractivity contribution in [1.29, 1.82) is 0 Å². The van der Waals surface area contributed by atoms with E-state index in [1.54, 1.807) is 12.4 Å². The molecule has 0 aromatic carbocycles. The molecule has 0 radical (unpaired) electrons. The molecule has 1 atom stereocenters. The van der Waals surface area contributed by atoms with E-state index in [0.717, 1.165) is 23.9 Å². The highest BCUT2D eigenvalue weighted by Crippen LogP contribution is 2.19. The zero-order valence-corrected chi connectivity index (χ0v) is 13.9. The molecule has 3 heterocycles. The molecule has 24 heavy (non-hydrogen) atoms. The summed E-state index contributed by atoms with van der Waals surface area (Å²) in [5, 5.41) is 13.4. The van der Waals surface area contributed by atoms with Crippen molar-refractivity contribution >= 4 is 28.7 Å². The minimum atomic E-state index is -0.493. The molecule has 128 valence electrons. The van der Waals surface area contributed by atoms with E-state index in [1.165, 1.54) is 0 Å². The zero-order chi connectivity index (χ0) is 17.1. The van der Waals surface area contributed by atoms with E-state index in [2.05, 4.69) is 26.0 Å². The number of urea groups is 1.